The molecule has 1 aromatic carbocycles. The summed E-state index contributed by atoms with van der Waals surface area (Å²) in [4.78, 5) is 25.3. The van der Waals surface area contributed by atoms with Gasteiger partial charge in [-0.1, -0.05) is 19.1 Å². The van der Waals surface area contributed by atoms with Gasteiger partial charge in [-0.15, -0.1) is 0 Å². The third-order valence-corrected chi connectivity index (χ3v) is 6.93. The highest BCUT2D eigenvalue weighted by atomic mass is 16.8. The minimum absolute atomic E-state index is 0.0859. The molecular formula is C24H30O11. The van der Waals surface area contributed by atoms with Gasteiger partial charge in [0.25, 0.3) is 0 Å². The number of aromatic hydroxyl groups is 1. The Balaban J connectivity index is 1.43. The van der Waals surface area contributed by atoms with Gasteiger partial charge in [0.15, 0.2) is 6.29 Å². The first kappa shape index (κ1) is 25.5. The average molecular weight is 494 g/mol. The Morgan fingerprint density at radius 3 is 2.49 bits per heavy atom. The quantitative estimate of drug-likeness (QED) is 0.306. The van der Waals surface area contributed by atoms with Gasteiger partial charge in [0.05, 0.1) is 25.0 Å². The second kappa shape index (κ2) is 10.6. The number of hydrogen-bond donors (Lipinski definition) is 5. The maximum atomic E-state index is 12.8. The lowest BCUT2D eigenvalue weighted by molar-refractivity contribution is -0.342. The molecule has 0 aromatic heterocycles. The van der Waals surface area contributed by atoms with Gasteiger partial charge in [-0.25, -0.2) is 4.79 Å². The van der Waals surface area contributed by atoms with Crippen LogP contribution in [0.2, 0.25) is 0 Å². The lowest BCUT2D eigenvalue weighted by Crippen LogP contribution is -2.60. The van der Waals surface area contributed by atoms with Crippen LogP contribution in [0.1, 0.15) is 18.9 Å². The summed E-state index contributed by atoms with van der Waals surface area (Å²) in [5.41, 5.74) is 1.08. The molecule has 5 N–H and O–H groups in total. The smallest absolute Gasteiger partial charge is 0.337 e. The molecule has 1 aromatic rings. The fourth-order valence-corrected chi connectivity index (χ4v) is 4.80. The van der Waals surface area contributed by atoms with Gasteiger partial charge in [0.2, 0.25) is 6.29 Å². The zero-order chi connectivity index (χ0) is 25.3. The molecule has 0 unspecified atom stereocenters. The number of phenolic OH excluding ortho intramolecular Hbond substituents is 1. The van der Waals surface area contributed by atoms with Gasteiger partial charge in [-0.05, 0) is 17.7 Å². The number of aliphatic hydroxyl groups excluding tert-OH is 4. The van der Waals surface area contributed by atoms with Crippen LogP contribution in [0.3, 0.4) is 0 Å². The number of hydrogen-bond acceptors (Lipinski definition) is 11. The predicted molar refractivity (Wildman–Crippen MR) is 116 cm³/mol. The van der Waals surface area contributed by atoms with Crippen LogP contribution in [0.5, 0.6) is 5.75 Å². The Morgan fingerprint density at radius 1 is 1.09 bits per heavy atom. The van der Waals surface area contributed by atoms with Crippen LogP contribution in [-0.2, 0) is 35.0 Å². The molecule has 11 nitrogen and oxygen atoms in total. The number of rotatable bonds is 7. The molecule has 9 atom stereocenters. The number of ether oxygens (including phenoxy) is 4. The second-order valence-electron chi connectivity index (χ2n) is 9.11. The van der Waals surface area contributed by atoms with E-state index < -0.39 is 67.3 Å². The molecule has 11 heteroatoms. The van der Waals surface area contributed by atoms with E-state index in [0.29, 0.717) is 6.42 Å². The summed E-state index contributed by atoms with van der Waals surface area (Å²) >= 11 is 0. The van der Waals surface area contributed by atoms with E-state index in [9.17, 15) is 35.1 Å². The number of phenols is 1. The summed E-state index contributed by atoms with van der Waals surface area (Å²) in [6.45, 7) is 1.17. The van der Waals surface area contributed by atoms with E-state index in [4.69, 9.17) is 18.9 Å². The number of benzene rings is 1. The van der Waals surface area contributed by atoms with E-state index in [0.717, 1.165) is 5.56 Å². The molecule has 35 heavy (non-hydrogen) atoms. The summed E-state index contributed by atoms with van der Waals surface area (Å²) in [6, 6.07) is 6.53. The Bertz CT molecular complexity index is 943. The number of fused-ring (bicyclic) bond motifs is 1. The maximum absolute atomic E-state index is 12.8. The molecule has 3 aliphatic rings. The molecule has 1 saturated heterocycles. The van der Waals surface area contributed by atoms with Crippen molar-refractivity contribution in [2.75, 3.05) is 13.2 Å². The Hall–Kier alpha value is -2.54. The topological polar surface area (TPSA) is 172 Å². The zero-order valence-corrected chi connectivity index (χ0v) is 19.1. The summed E-state index contributed by atoms with van der Waals surface area (Å²) in [5, 5.41) is 49.0. The van der Waals surface area contributed by atoms with Gasteiger partial charge < -0.3 is 44.5 Å². The number of carbonyl (C=O) groups is 2. The predicted octanol–water partition coefficient (Wildman–Crippen LogP) is -0.624. The van der Waals surface area contributed by atoms with Crippen LogP contribution in [0.25, 0.3) is 0 Å². The van der Waals surface area contributed by atoms with E-state index in [2.05, 4.69) is 0 Å². The molecule has 192 valence electrons. The van der Waals surface area contributed by atoms with Crippen molar-refractivity contribution in [3.8, 4) is 5.75 Å². The number of carbonyl (C=O) groups excluding carboxylic acids is 2. The van der Waals surface area contributed by atoms with Crippen LogP contribution in [0.4, 0.5) is 0 Å². The highest BCUT2D eigenvalue weighted by Gasteiger charge is 2.53. The Labute approximate surface area is 201 Å². The van der Waals surface area contributed by atoms with Crippen LogP contribution in [0, 0.1) is 17.8 Å². The minimum Gasteiger partial charge on any atom is -0.508 e. The van der Waals surface area contributed by atoms with E-state index in [1.165, 1.54) is 6.26 Å². The summed E-state index contributed by atoms with van der Waals surface area (Å²) in [7, 11) is 0. The van der Waals surface area contributed by atoms with Crippen molar-refractivity contribution in [2.45, 2.75) is 56.8 Å². The summed E-state index contributed by atoms with van der Waals surface area (Å²) in [6.07, 6.45) is -6.76. The first-order chi connectivity index (χ1) is 16.7. The Morgan fingerprint density at radius 2 is 1.80 bits per heavy atom. The minimum atomic E-state index is -1.63. The van der Waals surface area contributed by atoms with Gasteiger partial charge >= 0.3 is 5.97 Å². The fourth-order valence-electron chi connectivity index (χ4n) is 4.80. The highest BCUT2D eigenvalue weighted by molar-refractivity contribution is 5.93. The molecule has 4 rings (SSSR count). The molecule has 1 saturated carbocycles. The molecule has 2 aliphatic heterocycles. The molecule has 0 amide bonds. The first-order valence-corrected chi connectivity index (χ1v) is 11.5. The monoisotopic (exact) mass is 494 g/mol. The standard InChI is InChI=1S/C24H30O11/c1-11-16(27)8-14-15(22(31)32-7-6-12-2-4-13(26)5-3-12)10-33-23(18(11)14)35-24-21(30)20(29)19(28)17(9-25)34-24/h2-5,10-11,14,17-21,23-26,28-30H,6-9H2,1H3/t11-,14+,17-,18-,19+,20-,21-,23-,24-/m0/s1. The van der Waals surface area contributed by atoms with Crippen molar-refractivity contribution < 1.29 is 54.1 Å². The summed E-state index contributed by atoms with van der Waals surface area (Å²) < 4.78 is 22.2. The van der Waals surface area contributed by atoms with E-state index in [1.807, 2.05) is 0 Å². The van der Waals surface area contributed by atoms with Crippen molar-refractivity contribution in [1.82, 2.24) is 0 Å². The van der Waals surface area contributed by atoms with Crippen LogP contribution in [-0.4, -0.2) is 87.5 Å². The lowest BCUT2D eigenvalue weighted by atomic mass is 9.83. The van der Waals surface area contributed by atoms with Crippen molar-refractivity contribution >= 4 is 11.8 Å². The lowest BCUT2D eigenvalue weighted by Gasteiger charge is -2.42. The summed E-state index contributed by atoms with van der Waals surface area (Å²) in [5.74, 6) is -2.21. The fraction of sp³-hybridized carbons (Fsp3) is 0.583. The van der Waals surface area contributed by atoms with Gasteiger partial charge in [-0.3, -0.25) is 4.79 Å². The molecule has 0 spiro atoms. The van der Waals surface area contributed by atoms with Gasteiger partial charge in [0.1, 0.15) is 35.9 Å². The third-order valence-electron chi connectivity index (χ3n) is 6.93. The SMILES string of the molecule is C[C@H]1C(=O)C[C@@H]2C(C(=O)OCCc3ccc(O)cc3)=CO[C@@H](O[C@@H]3O[C@@H](CO)[C@@H](O)[C@H](O)[C@@H]3O)[C@H]21. The molecule has 0 radical (unpaired) electrons. The van der Waals surface area contributed by atoms with Crippen LogP contribution >= 0.6 is 0 Å². The number of aliphatic hydroxyl groups is 4. The van der Waals surface area contributed by atoms with Gasteiger partial charge in [-0.2, -0.15) is 0 Å². The van der Waals surface area contributed by atoms with Crippen LogP contribution < -0.4 is 0 Å². The van der Waals surface area contributed by atoms with Crippen molar-refractivity contribution in [2.24, 2.45) is 17.8 Å². The molecular weight excluding hydrogens is 464 g/mol. The largest absolute Gasteiger partial charge is 0.508 e. The van der Waals surface area contributed by atoms with Crippen molar-refractivity contribution in [1.29, 1.82) is 0 Å². The zero-order valence-electron chi connectivity index (χ0n) is 19.1. The average Bonchev–Trinajstić information content (AvgIpc) is 3.15. The molecule has 1 aliphatic carbocycles. The maximum Gasteiger partial charge on any atom is 0.337 e. The first-order valence-electron chi connectivity index (χ1n) is 11.5. The molecule has 2 fully saturated rings. The highest BCUT2D eigenvalue weighted by Crippen LogP contribution is 2.46. The third kappa shape index (κ3) is 5.20. The van der Waals surface area contributed by atoms with E-state index in [1.54, 1.807) is 31.2 Å². The number of ketones is 1. The Kier molecular flexibility index (Phi) is 7.74. The van der Waals surface area contributed by atoms with Crippen LogP contribution in [0.15, 0.2) is 36.1 Å². The van der Waals surface area contributed by atoms with Crippen molar-refractivity contribution in [3.63, 3.8) is 0 Å². The second-order valence-corrected chi connectivity index (χ2v) is 9.11. The van der Waals surface area contributed by atoms with E-state index >= 15 is 0 Å². The van der Waals surface area contributed by atoms with E-state index in [-0.39, 0.29) is 30.1 Å². The van der Waals surface area contributed by atoms with Crippen molar-refractivity contribution in [3.05, 3.63) is 41.7 Å². The van der Waals surface area contributed by atoms with Gasteiger partial charge in [0, 0.05) is 30.6 Å². The number of esters is 1. The number of Topliss-reactive ketones (excluding diaryl/α,β-unsaturated/α-hetero) is 1. The normalized spacial score (nSPS) is 36.8. The molecule has 0 bridgehead atoms. The molecule has 2 heterocycles.